The van der Waals surface area contributed by atoms with Crippen molar-refractivity contribution in [2.75, 3.05) is 6.54 Å². The third-order valence-electron chi connectivity index (χ3n) is 5.15. The van der Waals surface area contributed by atoms with E-state index in [9.17, 15) is 33.9 Å². The standard InChI is InChI=1S/C20H32N4O9/c1-10(2)8-13(20(32)33)23-18(30)14-4-3-7-24(14)19(31)12(5-6-15(25)26)22-17(29)11(21)9-16(27)28/h10-14H,3-9,21H2,1-2H3,(H,22,29)(H,23,30)(H,25,26)(H,27,28)(H,32,33). The molecule has 1 rings (SSSR count). The second-order valence-electron chi connectivity index (χ2n) is 8.42. The fourth-order valence-electron chi connectivity index (χ4n) is 3.55. The van der Waals surface area contributed by atoms with Crippen molar-refractivity contribution < 1.29 is 44.1 Å². The zero-order chi connectivity index (χ0) is 25.3. The molecule has 0 spiro atoms. The van der Waals surface area contributed by atoms with Gasteiger partial charge in [0.05, 0.1) is 12.5 Å². The van der Waals surface area contributed by atoms with Gasteiger partial charge in [-0.1, -0.05) is 13.8 Å². The molecule has 0 aromatic rings. The fourth-order valence-corrected chi connectivity index (χ4v) is 3.55. The van der Waals surface area contributed by atoms with Gasteiger partial charge in [0.2, 0.25) is 17.7 Å². The van der Waals surface area contributed by atoms with Crippen LogP contribution in [0.1, 0.15) is 52.4 Å². The summed E-state index contributed by atoms with van der Waals surface area (Å²) < 4.78 is 0. The molecule has 13 heteroatoms. The Morgan fingerprint density at radius 1 is 1.00 bits per heavy atom. The minimum atomic E-state index is -1.45. The molecule has 0 bridgehead atoms. The summed E-state index contributed by atoms with van der Waals surface area (Å²) in [6.07, 6.45) is -0.540. The Labute approximate surface area is 190 Å². The quantitative estimate of drug-likeness (QED) is 0.187. The van der Waals surface area contributed by atoms with Gasteiger partial charge in [-0.15, -0.1) is 0 Å². The molecule has 0 aromatic carbocycles. The first-order valence-electron chi connectivity index (χ1n) is 10.7. The Balaban J connectivity index is 2.98. The number of carboxylic acids is 3. The van der Waals surface area contributed by atoms with Crippen molar-refractivity contribution in [3.05, 3.63) is 0 Å². The summed E-state index contributed by atoms with van der Waals surface area (Å²) in [7, 11) is 0. The molecule has 0 aliphatic carbocycles. The van der Waals surface area contributed by atoms with Gasteiger partial charge in [0.25, 0.3) is 0 Å². The lowest BCUT2D eigenvalue weighted by Crippen LogP contribution is -2.57. The monoisotopic (exact) mass is 472 g/mol. The maximum atomic E-state index is 13.1. The Hall–Kier alpha value is -3.22. The maximum Gasteiger partial charge on any atom is 0.326 e. The molecule has 1 saturated heterocycles. The Morgan fingerprint density at radius 2 is 1.64 bits per heavy atom. The predicted octanol–water partition coefficient (Wildman–Crippen LogP) is -1.26. The van der Waals surface area contributed by atoms with Crippen LogP contribution in [0.2, 0.25) is 0 Å². The third kappa shape index (κ3) is 9.04. The molecule has 1 aliphatic rings. The van der Waals surface area contributed by atoms with E-state index in [0.717, 1.165) is 0 Å². The summed E-state index contributed by atoms with van der Waals surface area (Å²) in [5.41, 5.74) is 5.52. The van der Waals surface area contributed by atoms with Gasteiger partial charge in [-0.2, -0.15) is 0 Å². The van der Waals surface area contributed by atoms with Crippen molar-refractivity contribution in [1.82, 2.24) is 15.5 Å². The first-order valence-corrected chi connectivity index (χ1v) is 10.7. The molecule has 4 atom stereocenters. The third-order valence-corrected chi connectivity index (χ3v) is 5.15. The van der Waals surface area contributed by atoms with E-state index in [1.807, 2.05) is 0 Å². The zero-order valence-corrected chi connectivity index (χ0v) is 18.7. The number of likely N-dealkylation sites (tertiary alicyclic amines) is 1. The number of amides is 3. The molecule has 1 heterocycles. The van der Waals surface area contributed by atoms with Gasteiger partial charge >= 0.3 is 17.9 Å². The molecular formula is C20H32N4O9. The lowest BCUT2D eigenvalue weighted by atomic mass is 10.0. The molecular weight excluding hydrogens is 440 g/mol. The second kappa shape index (κ2) is 12.7. The number of rotatable bonds is 13. The van der Waals surface area contributed by atoms with Crippen molar-refractivity contribution in [2.45, 2.75) is 76.5 Å². The molecule has 0 saturated carbocycles. The number of carbonyl (C=O) groups excluding carboxylic acids is 3. The number of carbonyl (C=O) groups is 6. The Bertz CT molecular complexity index is 771. The number of carboxylic acid groups (broad SMARTS) is 3. The van der Waals surface area contributed by atoms with Crippen LogP contribution in [-0.2, 0) is 28.8 Å². The van der Waals surface area contributed by atoms with Gasteiger partial charge in [-0.05, 0) is 31.6 Å². The van der Waals surface area contributed by atoms with Gasteiger partial charge in [0.15, 0.2) is 0 Å². The van der Waals surface area contributed by atoms with Crippen LogP contribution >= 0.6 is 0 Å². The number of hydrogen-bond donors (Lipinski definition) is 6. The van der Waals surface area contributed by atoms with E-state index in [1.54, 1.807) is 13.8 Å². The highest BCUT2D eigenvalue weighted by Crippen LogP contribution is 2.20. The largest absolute Gasteiger partial charge is 0.481 e. The number of nitrogens with one attached hydrogen (secondary N) is 2. The summed E-state index contributed by atoms with van der Waals surface area (Å²) in [5.74, 6) is -6.06. The van der Waals surface area contributed by atoms with E-state index in [2.05, 4.69) is 10.6 Å². The van der Waals surface area contributed by atoms with Crippen LogP contribution in [0.3, 0.4) is 0 Å². The van der Waals surface area contributed by atoms with Gasteiger partial charge in [0.1, 0.15) is 18.1 Å². The van der Waals surface area contributed by atoms with Crippen molar-refractivity contribution in [2.24, 2.45) is 11.7 Å². The molecule has 33 heavy (non-hydrogen) atoms. The van der Waals surface area contributed by atoms with Crippen LogP contribution in [-0.4, -0.2) is 86.6 Å². The number of nitrogens with two attached hydrogens (primary N) is 1. The molecule has 0 radical (unpaired) electrons. The van der Waals surface area contributed by atoms with Crippen LogP contribution in [0.4, 0.5) is 0 Å². The first-order chi connectivity index (χ1) is 15.3. The van der Waals surface area contributed by atoms with Gasteiger partial charge in [0, 0.05) is 13.0 Å². The van der Waals surface area contributed by atoms with Gasteiger partial charge < -0.3 is 36.6 Å². The Kier molecular flexibility index (Phi) is 10.7. The molecule has 1 aliphatic heterocycles. The van der Waals surface area contributed by atoms with E-state index >= 15 is 0 Å². The van der Waals surface area contributed by atoms with Crippen LogP contribution in [0, 0.1) is 5.92 Å². The second-order valence-corrected chi connectivity index (χ2v) is 8.42. The van der Waals surface area contributed by atoms with Crippen molar-refractivity contribution in [1.29, 1.82) is 0 Å². The highest BCUT2D eigenvalue weighted by atomic mass is 16.4. The van der Waals surface area contributed by atoms with E-state index in [-0.39, 0.29) is 31.7 Å². The average molecular weight is 472 g/mol. The molecule has 0 aromatic heterocycles. The van der Waals surface area contributed by atoms with Crippen molar-refractivity contribution in [3.63, 3.8) is 0 Å². The number of aliphatic carboxylic acids is 3. The smallest absolute Gasteiger partial charge is 0.326 e. The molecule has 186 valence electrons. The van der Waals surface area contributed by atoms with Gasteiger partial charge in [-0.3, -0.25) is 24.0 Å². The van der Waals surface area contributed by atoms with E-state index < -0.39 is 72.6 Å². The van der Waals surface area contributed by atoms with Crippen LogP contribution in [0.5, 0.6) is 0 Å². The van der Waals surface area contributed by atoms with E-state index in [4.69, 9.17) is 15.9 Å². The van der Waals surface area contributed by atoms with Crippen LogP contribution < -0.4 is 16.4 Å². The topological polar surface area (TPSA) is 216 Å². The summed E-state index contributed by atoms with van der Waals surface area (Å²) in [6, 6.07) is -4.91. The molecule has 13 nitrogen and oxygen atoms in total. The van der Waals surface area contributed by atoms with Gasteiger partial charge in [-0.25, -0.2) is 4.79 Å². The highest BCUT2D eigenvalue weighted by molar-refractivity contribution is 5.95. The summed E-state index contributed by atoms with van der Waals surface area (Å²) >= 11 is 0. The molecule has 3 amide bonds. The molecule has 7 N–H and O–H groups in total. The van der Waals surface area contributed by atoms with Crippen molar-refractivity contribution in [3.8, 4) is 0 Å². The normalized spacial score (nSPS) is 18.3. The minimum Gasteiger partial charge on any atom is -0.481 e. The minimum absolute atomic E-state index is 0.00154. The average Bonchev–Trinajstić information content (AvgIpc) is 3.18. The first kappa shape index (κ1) is 27.8. The summed E-state index contributed by atoms with van der Waals surface area (Å²) in [4.78, 5) is 72.5. The fraction of sp³-hybridized carbons (Fsp3) is 0.700. The molecule has 4 unspecified atom stereocenters. The highest BCUT2D eigenvalue weighted by Gasteiger charge is 2.39. The zero-order valence-electron chi connectivity index (χ0n) is 18.7. The lowest BCUT2D eigenvalue weighted by molar-refractivity contribution is -0.145. The predicted molar refractivity (Wildman–Crippen MR) is 113 cm³/mol. The SMILES string of the molecule is CC(C)CC(NC(=O)C1CCCN1C(=O)C(CCC(=O)O)NC(=O)C(N)CC(=O)O)C(=O)O. The van der Waals surface area contributed by atoms with Crippen LogP contribution in [0.15, 0.2) is 0 Å². The molecule has 1 fully saturated rings. The van der Waals surface area contributed by atoms with Crippen molar-refractivity contribution >= 4 is 35.6 Å². The number of hydrogen-bond acceptors (Lipinski definition) is 7. The number of nitrogens with zero attached hydrogens (tertiary/aromatic N) is 1. The lowest BCUT2D eigenvalue weighted by Gasteiger charge is -2.30. The maximum absolute atomic E-state index is 13.1. The summed E-state index contributed by atoms with van der Waals surface area (Å²) in [6.45, 7) is 3.76. The van der Waals surface area contributed by atoms with E-state index in [0.29, 0.717) is 6.42 Å². The Morgan fingerprint density at radius 3 is 2.15 bits per heavy atom. The van der Waals surface area contributed by atoms with Crippen LogP contribution in [0.25, 0.3) is 0 Å². The summed E-state index contributed by atoms with van der Waals surface area (Å²) in [5, 5.41) is 31.9. The van der Waals surface area contributed by atoms with E-state index in [1.165, 1.54) is 4.90 Å².